The molecule has 3 amide bonds. The fraction of sp³-hybridized carbons (Fsp3) is 0.333. The van der Waals surface area contributed by atoms with Gasteiger partial charge >= 0.3 is 6.03 Å². The molecule has 8 nitrogen and oxygen atoms in total. The van der Waals surface area contributed by atoms with E-state index in [2.05, 4.69) is 17.8 Å². The monoisotopic (exact) mass is 398 g/mol. The number of nitrogens with one attached hydrogen (secondary N) is 3. The number of piperazine rings is 1. The highest BCUT2D eigenvalue weighted by molar-refractivity contribution is 5.78. The molecule has 1 fully saturated rings. The molecule has 1 saturated heterocycles. The van der Waals surface area contributed by atoms with Crippen LogP contribution < -0.4 is 26.1 Å². The number of hydrogen-bond donors (Lipinski definition) is 4. The molecule has 154 valence electrons. The standard InChI is InChI=1S/C21H27N5O3/c1-25-10-12-26(13-11-25)24-20(27)15-19(23-21(22)28)16-6-5-9-18(14-16)29-17-7-3-2-4-8-17/h2-9,14,19H,10-13,15H2,1H3,(H,24,27)(H3,22,23,28)/p+1/t19-/m1/s1. The van der Waals surface area contributed by atoms with Crippen LogP contribution in [0.15, 0.2) is 54.6 Å². The number of hydrogen-bond acceptors (Lipinski definition) is 4. The largest absolute Gasteiger partial charge is 0.457 e. The Morgan fingerprint density at radius 2 is 1.79 bits per heavy atom. The zero-order valence-corrected chi connectivity index (χ0v) is 16.6. The molecule has 0 aromatic heterocycles. The molecule has 0 unspecified atom stereocenters. The molecule has 3 rings (SSSR count). The number of para-hydroxylation sites is 1. The smallest absolute Gasteiger partial charge is 0.312 e. The Morgan fingerprint density at radius 3 is 2.48 bits per heavy atom. The van der Waals surface area contributed by atoms with Gasteiger partial charge in [0.05, 0.1) is 45.7 Å². The lowest BCUT2D eigenvalue weighted by Crippen LogP contribution is -3.12. The van der Waals surface area contributed by atoms with Gasteiger partial charge in [-0.1, -0.05) is 30.3 Å². The predicted molar refractivity (Wildman–Crippen MR) is 109 cm³/mol. The second kappa shape index (κ2) is 9.90. The lowest BCUT2D eigenvalue weighted by atomic mass is 10.0. The van der Waals surface area contributed by atoms with Gasteiger partial charge in [0, 0.05) is 0 Å². The highest BCUT2D eigenvalue weighted by Crippen LogP contribution is 2.26. The number of likely N-dealkylation sites (N-methyl/N-ethyl adjacent to an activating group) is 1. The average molecular weight is 398 g/mol. The molecule has 0 saturated carbocycles. The number of carbonyl (C=O) groups is 2. The molecule has 0 radical (unpaired) electrons. The van der Waals surface area contributed by atoms with E-state index in [0.717, 1.165) is 31.7 Å². The molecule has 8 heteroatoms. The minimum atomic E-state index is -0.680. The van der Waals surface area contributed by atoms with Gasteiger partial charge in [-0.2, -0.15) is 0 Å². The molecular weight excluding hydrogens is 370 g/mol. The van der Waals surface area contributed by atoms with Gasteiger partial charge < -0.3 is 20.7 Å². The lowest BCUT2D eigenvalue weighted by molar-refractivity contribution is -0.884. The Hall–Kier alpha value is -3.10. The fourth-order valence-electron chi connectivity index (χ4n) is 3.25. The summed E-state index contributed by atoms with van der Waals surface area (Å²) in [4.78, 5) is 25.5. The second-order valence-corrected chi connectivity index (χ2v) is 7.23. The summed E-state index contributed by atoms with van der Waals surface area (Å²) in [7, 11) is 2.14. The van der Waals surface area contributed by atoms with Crippen LogP contribution in [0.2, 0.25) is 0 Å². The minimum absolute atomic E-state index is 0.0803. The first-order valence-electron chi connectivity index (χ1n) is 9.74. The number of urea groups is 1. The Balaban J connectivity index is 1.67. The summed E-state index contributed by atoms with van der Waals surface area (Å²) in [5.74, 6) is 1.16. The van der Waals surface area contributed by atoms with Crippen LogP contribution in [0.1, 0.15) is 18.0 Å². The van der Waals surface area contributed by atoms with Crippen LogP contribution in [-0.4, -0.2) is 50.2 Å². The van der Waals surface area contributed by atoms with Crippen molar-refractivity contribution in [3.63, 3.8) is 0 Å². The number of nitrogens with two attached hydrogens (primary N) is 1. The van der Waals surface area contributed by atoms with Gasteiger partial charge in [0.25, 0.3) is 0 Å². The summed E-state index contributed by atoms with van der Waals surface area (Å²) in [6, 6.07) is 15.5. The topological polar surface area (TPSA) is 101 Å². The van der Waals surface area contributed by atoms with Gasteiger partial charge in [-0.25, -0.2) is 9.80 Å². The van der Waals surface area contributed by atoms with E-state index in [1.54, 1.807) is 6.07 Å². The first-order chi connectivity index (χ1) is 14.0. The van der Waals surface area contributed by atoms with E-state index in [0.29, 0.717) is 11.5 Å². The molecular formula is C21H28N5O3+. The number of hydrazine groups is 1. The number of primary amides is 1. The van der Waals surface area contributed by atoms with Crippen LogP contribution in [0.5, 0.6) is 11.5 Å². The van der Waals surface area contributed by atoms with Crippen molar-refractivity contribution in [2.75, 3.05) is 33.2 Å². The summed E-state index contributed by atoms with van der Waals surface area (Å²) in [5.41, 5.74) is 9.01. The third-order valence-corrected chi connectivity index (χ3v) is 4.85. The van der Waals surface area contributed by atoms with Crippen LogP contribution in [-0.2, 0) is 4.79 Å². The van der Waals surface area contributed by atoms with Gasteiger partial charge in [0.1, 0.15) is 11.5 Å². The van der Waals surface area contributed by atoms with E-state index in [1.165, 1.54) is 4.90 Å². The van der Waals surface area contributed by atoms with Crippen LogP contribution in [0.25, 0.3) is 0 Å². The van der Waals surface area contributed by atoms with E-state index >= 15 is 0 Å². The first kappa shape index (κ1) is 20.6. The Bertz CT molecular complexity index is 822. The Kier molecular flexibility index (Phi) is 7.04. The normalized spacial score (nSPS) is 16.0. The van der Waals surface area contributed by atoms with Gasteiger partial charge in [-0.05, 0) is 29.8 Å². The van der Waals surface area contributed by atoms with E-state index in [9.17, 15) is 9.59 Å². The number of amides is 3. The maximum Gasteiger partial charge on any atom is 0.312 e. The molecule has 0 bridgehead atoms. The van der Waals surface area contributed by atoms with Crippen molar-refractivity contribution < 1.29 is 19.2 Å². The predicted octanol–water partition coefficient (Wildman–Crippen LogP) is 0.440. The van der Waals surface area contributed by atoms with Crippen molar-refractivity contribution in [2.45, 2.75) is 12.5 Å². The van der Waals surface area contributed by atoms with E-state index < -0.39 is 12.1 Å². The molecule has 29 heavy (non-hydrogen) atoms. The molecule has 5 N–H and O–H groups in total. The summed E-state index contributed by atoms with van der Waals surface area (Å²) in [6.07, 6.45) is 0.0803. The summed E-state index contributed by atoms with van der Waals surface area (Å²) in [6.45, 7) is 3.54. The zero-order chi connectivity index (χ0) is 20.6. The second-order valence-electron chi connectivity index (χ2n) is 7.23. The van der Waals surface area contributed by atoms with Crippen molar-refractivity contribution in [3.8, 4) is 11.5 Å². The highest BCUT2D eigenvalue weighted by Gasteiger charge is 2.22. The van der Waals surface area contributed by atoms with Crippen LogP contribution in [0.4, 0.5) is 4.79 Å². The molecule has 2 aromatic rings. The maximum atomic E-state index is 12.6. The number of carbonyl (C=O) groups excluding carboxylic acids is 2. The van der Waals surface area contributed by atoms with Crippen molar-refractivity contribution in [1.29, 1.82) is 0 Å². The SMILES string of the molecule is C[NH+]1CCN(NC(=O)C[C@@H](NC(N)=O)c2cccc(Oc3ccccc3)c2)CC1. The number of nitrogens with zero attached hydrogens (tertiary/aromatic N) is 1. The molecule has 1 aliphatic heterocycles. The third-order valence-electron chi connectivity index (χ3n) is 4.85. The number of quaternary nitrogens is 1. The third kappa shape index (κ3) is 6.48. The Morgan fingerprint density at radius 1 is 1.10 bits per heavy atom. The maximum absolute atomic E-state index is 12.6. The van der Waals surface area contributed by atoms with Crippen LogP contribution in [0.3, 0.4) is 0 Å². The quantitative estimate of drug-likeness (QED) is 0.544. The molecule has 0 aliphatic carbocycles. The van der Waals surface area contributed by atoms with Crippen molar-refractivity contribution in [3.05, 3.63) is 60.2 Å². The highest BCUT2D eigenvalue weighted by atomic mass is 16.5. The van der Waals surface area contributed by atoms with Crippen molar-refractivity contribution in [1.82, 2.24) is 15.8 Å². The average Bonchev–Trinajstić information content (AvgIpc) is 2.70. The van der Waals surface area contributed by atoms with E-state index in [-0.39, 0.29) is 12.3 Å². The van der Waals surface area contributed by atoms with E-state index in [4.69, 9.17) is 10.5 Å². The molecule has 1 atom stereocenters. The minimum Gasteiger partial charge on any atom is -0.457 e. The van der Waals surface area contributed by atoms with Crippen molar-refractivity contribution >= 4 is 11.9 Å². The van der Waals surface area contributed by atoms with Gasteiger partial charge in [-0.15, -0.1) is 0 Å². The fourth-order valence-corrected chi connectivity index (χ4v) is 3.25. The molecule has 1 heterocycles. The zero-order valence-electron chi connectivity index (χ0n) is 16.6. The number of rotatable bonds is 7. The molecule has 0 spiro atoms. The molecule has 1 aliphatic rings. The van der Waals surface area contributed by atoms with Crippen LogP contribution >= 0.6 is 0 Å². The summed E-state index contributed by atoms with van der Waals surface area (Å²) < 4.78 is 5.86. The summed E-state index contributed by atoms with van der Waals surface area (Å²) in [5, 5.41) is 4.58. The van der Waals surface area contributed by atoms with E-state index in [1.807, 2.05) is 53.5 Å². The number of ether oxygens (including phenoxy) is 1. The van der Waals surface area contributed by atoms with Crippen molar-refractivity contribution in [2.24, 2.45) is 5.73 Å². The Labute approximate surface area is 170 Å². The summed E-state index contributed by atoms with van der Waals surface area (Å²) >= 11 is 0. The van der Waals surface area contributed by atoms with Gasteiger partial charge in [-0.3, -0.25) is 10.2 Å². The van der Waals surface area contributed by atoms with Gasteiger partial charge in [0.2, 0.25) is 5.91 Å². The first-order valence-corrected chi connectivity index (χ1v) is 9.74. The lowest BCUT2D eigenvalue weighted by Gasteiger charge is -2.30. The van der Waals surface area contributed by atoms with Gasteiger partial charge in [0.15, 0.2) is 0 Å². The molecule has 2 aromatic carbocycles. The van der Waals surface area contributed by atoms with Crippen LogP contribution in [0, 0.1) is 0 Å². The number of benzene rings is 2.